The Kier molecular flexibility index (Phi) is 4.07. The number of hydrogen-bond acceptors (Lipinski definition) is 5. The lowest BCUT2D eigenvalue weighted by atomic mass is 10.3. The van der Waals surface area contributed by atoms with Crippen LogP contribution in [0, 0.1) is 0 Å². The van der Waals surface area contributed by atoms with Crippen molar-refractivity contribution in [3.8, 4) is 0 Å². The quantitative estimate of drug-likeness (QED) is 0.827. The first-order chi connectivity index (χ1) is 8.06. The van der Waals surface area contributed by atoms with Crippen LogP contribution in [0.4, 0.5) is 5.69 Å². The lowest BCUT2D eigenvalue weighted by Gasteiger charge is -2.19. The number of nitrogens with zero attached hydrogens (tertiary/aromatic N) is 2. The van der Waals surface area contributed by atoms with Gasteiger partial charge in [-0.05, 0) is 20.8 Å². The number of nitrogens with two attached hydrogens (primary N) is 1. The molecule has 0 saturated heterocycles. The van der Waals surface area contributed by atoms with Gasteiger partial charge in [0.05, 0.1) is 16.8 Å². The van der Waals surface area contributed by atoms with Gasteiger partial charge < -0.3 is 5.73 Å². The van der Waals surface area contributed by atoms with Crippen molar-refractivity contribution in [1.29, 1.82) is 0 Å². The first-order valence-corrected chi connectivity index (χ1v) is 7.32. The topological polar surface area (TPSA) is 95.1 Å². The standard InChI is InChI=1S/C10H16ClN3O3S/c1-10(2,3)18(16,17)5-4-14-6-13-8(11)7(12)9(14)15/h6H,4-5,12H2,1-3H3. The van der Waals surface area contributed by atoms with Gasteiger partial charge in [-0.3, -0.25) is 9.36 Å². The number of aromatic nitrogens is 2. The van der Waals surface area contributed by atoms with Crippen molar-refractivity contribution >= 4 is 27.1 Å². The van der Waals surface area contributed by atoms with Crippen molar-refractivity contribution in [1.82, 2.24) is 9.55 Å². The van der Waals surface area contributed by atoms with Gasteiger partial charge in [-0.2, -0.15) is 0 Å². The summed E-state index contributed by atoms with van der Waals surface area (Å²) in [5.41, 5.74) is 4.73. The van der Waals surface area contributed by atoms with Gasteiger partial charge in [0.1, 0.15) is 5.69 Å². The van der Waals surface area contributed by atoms with Gasteiger partial charge >= 0.3 is 0 Å². The maximum atomic E-state index is 11.9. The largest absolute Gasteiger partial charge is 0.392 e. The first kappa shape index (κ1) is 15.0. The summed E-state index contributed by atoms with van der Waals surface area (Å²) in [6, 6.07) is 0. The molecule has 6 nitrogen and oxygen atoms in total. The maximum Gasteiger partial charge on any atom is 0.278 e. The molecule has 0 bridgehead atoms. The molecule has 18 heavy (non-hydrogen) atoms. The fourth-order valence-electron chi connectivity index (χ4n) is 1.17. The highest BCUT2D eigenvalue weighted by molar-refractivity contribution is 7.92. The zero-order valence-electron chi connectivity index (χ0n) is 10.5. The molecule has 0 unspecified atom stereocenters. The van der Waals surface area contributed by atoms with E-state index in [2.05, 4.69) is 4.98 Å². The number of halogens is 1. The second kappa shape index (κ2) is 4.89. The van der Waals surface area contributed by atoms with Gasteiger partial charge in [-0.15, -0.1) is 0 Å². The minimum atomic E-state index is -3.30. The Morgan fingerprint density at radius 3 is 2.50 bits per heavy atom. The molecule has 102 valence electrons. The Balaban J connectivity index is 2.97. The highest BCUT2D eigenvalue weighted by Gasteiger charge is 2.28. The second-order valence-electron chi connectivity index (χ2n) is 4.88. The van der Waals surface area contributed by atoms with Crippen molar-refractivity contribution in [2.24, 2.45) is 0 Å². The van der Waals surface area contributed by atoms with Crippen LogP contribution >= 0.6 is 11.6 Å². The minimum Gasteiger partial charge on any atom is -0.392 e. The van der Waals surface area contributed by atoms with E-state index in [1.54, 1.807) is 20.8 Å². The number of aryl methyl sites for hydroxylation is 1. The number of hydrogen-bond donors (Lipinski definition) is 1. The van der Waals surface area contributed by atoms with E-state index in [0.29, 0.717) is 0 Å². The Morgan fingerprint density at radius 2 is 2.00 bits per heavy atom. The van der Waals surface area contributed by atoms with Crippen LogP contribution in [0.3, 0.4) is 0 Å². The highest BCUT2D eigenvalue weighted by atomic mass is 35.5. The predicted octanol–water partition coefficient (Wildman–Crippen LogP) is 0.692. The molecule has 0 fully saturated rings. The Morgan fingerprint density at radius 1 is 1.44 bits per heavy atom. The van der Waals surface area contributed by atoms with Gasteiger partial charge in [0.2, 0.25) is 0 Å². The van der Waals surface area contributed by atoms with E-state index in [-0.39, 0.29) is 23.1 Å². The second-order valence-corrected chi connectivity index (χ2v) is 8.10. The molecule has 1 aromatic rings. The van der Waals surface area contributed by atoms with Crippen LogP contribution in [0.5, 0.6) is 0 Å². The summed E-state index contributed by atoms with van der Waals surface area (Å²) < 4.78 is 24.1. The molecule has 0 atom stereocenters. The Bertz CT molecular complexity index is 602. The van der Waals surface area contributed by atoms with Crippen LogP contribution in [-0.2, 0) is 16.4 Å². The molecular weight excluding hydrogens is 278 g/mol. The lowest BCUT2D eigenvalue weighted by Crippen LogP contribution is -2.34. The van der Waals surface area contributed by atoms with Crippen molar-refractivity contribution in [3.63, 3.8) is 0 Å². The summed E-state index contributed by atoms with van der Waals surface area (Å²) in [7, 11) is -3.30. The summed E-state index contributed by atoms with van der Waals surface area (Å²) in [4.78, 5) is 15.4. The third-order valence-corrected chi connectivity index (χ3v) is 5.45. The smallest absolute Gasteiger partial charge is 0.278 e. The Hall–Kier alpha value is -1.08. The van der Waals surface area contributed by atoms with Gasteiger partial charge in [0, 0.05) is 6.54 Å². The minimum absolute atomic E-state index is 0.00675. The normalized spacial score (nSPS) is 12.7. The van der Waals surface area contributed by atoms with E-state index in [1.807, 2.05) is 0 Å². The van der Waals surface area contributed by atoms with Gasteiger partial charge in [-0.1, -0.05) is 11.6 Å². The monoisotopic (exact) mass is 293 g/mol. The van der Waals surface area contributed by atoms with E-state index in [1.165, 1.54) is 6.33 Å². The average molecular weight is 294 g/mol. The number of rotatable bonds is 3. The van der Waals surface area contributed by atoms with E-state index in [9.17, 15) is 13.2 Å². The van der Waals surface area contributed by atoms with E-state index >= 15 is 0 Å². The lowest BCUT2D eigenvalue weighted by molar-refractivity contribution is 0.552. The fraction of sp³-hybridized carbons (Fsp3) is 0.600. The summed E-state index contributed by atoms with van der Waals surface area (Å²) in [5, 5.41) is -0.0741. The first-order valence-electron chi connectivity index (χ1n) is 5.29. The third-order valence-electron chi connectivity index (χ3n) is 2.56. The number of anilines is 1. The average Bonchev–Trinajstić information content (AvgIpc) is 2.23. The summed E-state index contributed by atoms with van der Waals surface area (Å²) in [6.45, 7) is 4.84. The molecule has 0 aliphatic carbocycles. The van der Waals surface area contributed by atoms with Crippen LogP contribution < -0.4 is 11.3 Å². The van der Waals surface area contributed by atoms with Crippen LogP contribution in [0.15, 0.2) is 11.1 Å². The molecule has 1 rings (SSSR count). The zero-order valence-corrected chi connectivity index (χ0v) is 12.0. The molecule has 0 aromatic carbocycles. The van der Waals surface area contributed by atoms with E-state index in [0.717, 1.165) is 4.57 Å². The van der Waals surface area contributed by atoms with Gasteiger partial charge in [0.25, 0.3) is 5.56 Å². The molecule has 0 radical (unpaired) electrons. The molecule has 1 heterocycles. The summed E-state index contributed by atoms with van der Waals surface area (Å²) in [5.74, 6) is -0.154. The molecule has 8 heteroatoms. The zero-order chi connectivity index (χ0) is 14.1. The predicted molar refractivity (Wildman–Crippen MR) is 71.5 cm³/mol. The van der Waals surface area contributed by atoms with E-state index in [4.69, 9.17) is 17.3 Å². The molecule has 0 amide bonds. The number of sulfone groups is 1. The fourth-order valence-corrected chi connectivity index (χ4v) is 2.34. The van der Waals surface area contributed by atoms with Gasteiger partial charge in [0.15, 0.2) is 15.0 Å². The molecule has 2 N–H and O–H groups in total. The van der Waals surface area contributed by atoms with Crippen molar-refractivity contribution in [3.05, 3.63) is 21.8 Å². The van der Waals surface area contributed by atoms with Crippen LogP contribution in [-0.4, -0.2) is 28.5 Å². The molecule has 0 spiro atoms. The molecular formula is C10H16ClN3O3S. The third kappa shape index (κ3) is 3.02. The van der Waals surface area contributed by atoms with Crippen molar-refractivity contribution in [2.75, 3.05) is 11.5 Å². The Labute approximate surface area is 111 Å². The van der Waals surface area contributed by atoms with Crippen LogP contribution in [0.1, 0.15) is 20.8 Å². The van der Waals surface area contributed by atoms with Crippen LogP contribution in [0.25, 0.3) is 0 Å². The van der Waals surface area contributed by atoms with Crippen molar-refractivity contribution in [2.45, 2.75) is 32.1 Å². The highest BCUT2D eigenvalue weighted by Crippen LogP contribution is 2.16. The molecule has 0 aliphatic heterocycles. The van der Waals surface area contributed by atoms with Gasteiger partial charge in [-0.25, -0.2) is 13.4 Å². The number of nitrogen functional groups attached to an aromatic ring is 1. The summed E-state index contributed by atoms with van der Waals surface area (Å²) in [6.07, 6.45) is 1.19. The molecule has 0 saturated carbocycles. The molecule has 1 aromatic heterocycles. The molecule has 0 aliphatic rings. The summed E-state index contributed by atoms with van der Waals surface area (Å²) >= 11 is 5.58. The van der Waals surface area contributed by atoms with Crippen molar-refractivity contribution < 1.29 is 8.42 Å². The maximum absolute atomic E-state index is 11.9. The van der Waals surface area contributed by atoms with Crippen LogP contribution in [0.2, 0.25) is 5.15 Å². The SMILES string of the molecule is CC(C)(C)S(=O)(=O)CCn1cnc(Cl)c(N)c1=O. The van der Waals surface area contributed by atoms with E-state index < -0.39 is 20.1 Å².